The Morgan fingerprint density at radius 2 is 2.40 bits per heavy atom. The van der Waals surface area contributed by atoms with Gasteiger partial charge in [0.2, 0.25) is 0 Å². The van der Waals surface area contributed by atoms with Crippen LogP contribution in [0.4, 0.5) is 0 Å². The lowest BCUT2D eigenvalue weighted by atomic mass is 10.0. The number of hydrogen-bond acceptors (Lipinski definition) is 3. The van der Waals surface area contributed by atoms with E-state index in [-0.39, 0.29) is 12.1 Å². The van der Waals surface area contributed by atoms with E-state index < -0.39 is 0 Å². The largest absolute Gasteiger partial charge is 0.379 e. The van der Waals surface area contributed by atoms with Crippen LogP contribution in [0, 0.1) is 0 Å². The summed E-state index contributed by atoms with van der Waals surface area (Å²) in [6.45, 7) is 5.78. The van der Waals surface area contributed by atoms with Crippen LogP contribution in [0.1, 0.15) is 38.1 Å². The first-order valence-electron chi connectivity index (χ1n) is 5.56. The highest BCUT2D eigenvalue weighted by Gasteiger charge is 2.26. The molecule has 0 spiro atoms. The second-order valence-electron chi connectivity index (χ2n) is 4.44. The lowest BCUT2D eigenvalue weighted by Crippen LogP contribution is -2.40. The molecule has 0 saturated carbocycles. The number of nitrogens with zero attached hydrogens (tertiary/aromatic N) is 2. The summed E-state index contributed by atoms with van der Waals surface area (Å²) >= 11 is 0. The molecular formula is C11H19N3O. The fraction of sp³-hybridized carbons (Fsp3) is 0.727. The SMILES string of the molecule is CC(C)c1nccn1C1COCCC1N. The second-order valence-corrected chi connectivity index (χ2v) is 4.44. The van der Waals surface area contributed by atoms with Crippen molar-refractivity contribution in [3.05, 3.63) is 18.2 Å². The van der Waals surface area contributed by atoms with Crippen molar-refractivity contribution in [2.45, 2.75) is 38.3 Å². The molecule has 1 aliphatic rings. The summed E-state index contributed by atoms with van der Waals surface area (Å²) in [4.78, 5) is 4.38. The van der Waals surface area contributed by atoms with Gasteiger partial charge in [-0.15, -0.1) is 0 Å². The quantitative estimate of drug-likeness (QED) is 0.798. The summed E-state index contributed by atoms with van der Waals surface area (Å²) in [5.74, 6) is 1.52. The molecule has 0 bridgehead atoms. The number of nitrogens with two attached hydrogens (primary N) is 1. The topological polar surface area (TPSA) is 53.1 Å². The number of ether oxygens (including phenoxy) is 1. The lowest BCUT2D eigenvalue weighted by molar-refractivity contribution is 0.0456. The Balaban J connectivity index is 2.23. The van der Waals surface area contributed by atoms with E-state index in [1.807, 2.05) is 12.4 Å². The lowest BCUT2D eigenvalue weighted by Gasteiger charge is -2.31. The van der Waals surface area contributed by atoms with E-state index in [1.54, 1.807) is 0 Å². The smallest absolute Gasteiger partial charge is 0.111 e. The molecule has 4 nitrogen and oxygen atoms in total. The molecule has 1 aliphatic heterocycles. The van der Waals surface area contributed by atoms with Crippen molar-refractivity contribution in [2.24, 2.45) is 5.73 Å². The molecule has 1 saturated heterocycles. The summed E-state index contributed by atoms with van der Waals surface area (Å²) in [7, 11) is 0. The van der Waals surface area contributed by atoms with Crippen molar-refractivity contribution in [2.75, 3.05) is 13.2 Å². The van der Waals surface area contributed by atoms with E-state index in [1.165, 1.54) is 0 Å². The van der Waals surface area contributed by atoms with Gasteiger partial charge in [0.15, 0.2) is 0 Å². The third kappa shape index (κ3) is 2.06. The van der Waals surface area contributed by atoms with Gasteiger partial charge in [-0.05, 0) is 6.42 Å². The van der Waals surface area contributed by atoms with Crippen molar-refractivity contribution in [3.63, 3.8) is 0 Å². The Bertz CT molecular complexity index is 321. The van der Waals surface area contributed by atoms with E-state index in [0.29, 0.717) is 12.5 Å². The molecule has 4 heteroatoms. The average Bonchev–Trinajstić information content (AvgIpc) is 2.67. The van der Waals surface area contributed by atoms with Crippen molar-refractivity contribution in [3.8, 4) is 0 Å². The maximum Gasteiger partial charge on any atom is 0.111 e. The van der Waals surface area contributed by atoms with Crippen LogP contribution in [0.5, 0.6) is 0 Å². The van der Waals surface area contributed by atoms with Gasteiger partial charge in [0.1, 0.15) is 5.82 Å². The van der Waals surface area contributed by atoms with E-state index in [0.717, 1.165) is 18.9 Å². The summed E-state index contributed by atoms with van der Waals surface area (Å²) in [6, 6.07) is 0.434. The van der Waals surface area contributed by atoms with Crippen LogP contribution in [-0.2, 0) is 4.74 Å². The molecule has 2 rings (SSSR count). The Kier molecular flexibility index (Phi) is 3.07. The van der Waals surface area contributed by atoms with Crippen LogP contribution < -0.4 is 5.73 Å². The zero-order valence-corrected chi connectivity index (χ0v) is 9.39. The highest BCUT2D eigenvalue weighted by molar-refractivity contribution is 5.02. The average molecular weight is 209 g/mol. The predicted octanol–water partition coefficient (Wildman–Crippen LogP) is 1.30. The molecule has 0 aliphatic carbocycles. The Labute approximate surface area is 90.4 Å². The van der Waals surface area contributed by atoms with Gasteiger partial charge in [-0.2, -0.15) is 0 Å². The molecule has 1 aromatic heterocycles. The molecule has 15 heavy (non-hydrogen) atoms. The van der Waals surface area contributed by atoms with E-state index in [9.17, 15) is 0 Å². The van der Waals surface area contributed by atoms with Crippen LogP contribution in [-0.4, -0.2) is 28.8 Å². The van der Waals surface area contributed by atoms with Crippen molar-refractivity contribution < 1.29 is 4.74 Å². The Hall–Kier alpha value is -0.870. The third-order valence-corrected chi connectivity index (χ3v) is 2.95. The zero-order chi connectivity index (χ0) is 10.8. The van der Waals surface area contributed by atoms with Gasteiger partial charge in [0.05, 0.1) is 12.6 Å². The van der Waals surface area contributed by atoms with Gasteiger partial charge < -0.3 is 15.0 Å². The first kappa shape index (κ1) is 10.6. The van der Waals surface area contributed by atoms with E-state index in [2.05, 4.69) is 23.4 Å². The fourth-order valence-corrected chi connectivity index (χ4v) is 2.08. The second kappa shape index (κ2) is 4.33. The normalized spacial score (nSPS) is 27.2. The molecule has 1 fully saturated rings. The van der Waals surface area contributed by atoms with Gasteiger partial charge in [-0.1, -0.05) is 13.8 Å². The monoisotopic (exact) mass is 209 g/mol. The first-order chi connectivity index (χ1) is 7.20. The molecular weight excluding hydrogens is 190 g/mol. The minimum Gasteiger partial charge on any atom is -0.379 e. The maximum atomic E-state index is 6.11. The number of hydrogen-bond donors (Lipinski definition) is 1. The molecule has 0 aromatic carbocycles. The van der Waals surface area contributed by atoms with Crippen LogP contribution in [0.25, 0.3) is 0 Å². The van der Waals surface area contributed by atoms with E-state index >= 15 is 0 Å². The minimum absolute atomic E-state index is 0.186. The van der Waals surface area contributed by atoms with Crippen molar-refractivity contribution in [1.82, 2.24) is 9.55 Å². The Morgan fingerprint density at radius 3 is 3.07 bits per heavy atom. The summed E-state index contributed by atoms with van der Waals surface area (Å²) < 4.78 is 7.66. The van der Waals surface area contributed by atoms with Gasteiger partial charge in [0.25, 0.3) is 0 Å². The molecule has 2 N–H and O–H groups in total. The summed E-state index contributed by atoms with van der Waals surface area (Å²) in [5, 5.41) is 0. The van der Waals surface area contributed by atoms with Crippen LogP contribution >= 0.6 is 0 Å². The van der Waals surface area contributed by atoms with Crippen LogP contribution in [0.3, 0.4) is 0 Å². The minimum atomic E-state index is 0.186. The van der Waals surface area contributed by atoms with Crippen molar-refractivity contribution >= 4 is 0 Å². The highest BCUT2D eigenvalue weighted by atomic mass is 16.5. The highest BCUT2D eigenvalue weighted by Crippen LogP contribution is 2.23. The van der Waals surface area contributed by atoms with Gasteiger partial charge in [0, 0.05) is 31.0 Å². The van der Waals surface area contributed by atoms with Gasteiger partial charge >= 0.3 is 0 Å². The first-order valence-corrected chi connectivity index (χ1v) is 5.56. The van der Waals surface area contributed by atoms with Gasteiger partial charge in [-0.3, -0.25) is 0 Å². The zero-order valence-electron chi connectivity index (χ0n) is 9.39. The molecule has 0 radical (unpaired) electrons. The van der Waals surface area contributed by atoms with Gasteiger partial charge in [-0.25, -0.2) is 4.98 Å². The predicted molar refractivity (Wildman–Crippen MR) is 58.8 cm³/mol. The van der Waals surface area contributed by atoms with Crippen LogP contribution in [0.15, 0.2) is 12.4 Å². The maximum absolute atomic E-state index is 6.11. The molecule has 84 valence electrons. The Morgan fingerprint density at radius 1 is 1.60 bits per heavy atom. The summed E-state index contributed by atoms with van der Waals surface area (Å²) in [6.07, 6.45) is 4.78. The number of aromatic nitrogens is 2. The molecule has 2 heterocycles. The number of rotatable bonds is 2. The fourth-order valence-electron chi connectivity index (χ4n) is 2.08. The van der Waals surface area contributed by atoms with Crippen molar-refractivity contribution in [1.29, 1.82) is 0 Å². The van der Waals surface area contributed by atoms with E-state index in [4.69, 9.17) is 10.5 Å². The number of imidazole rings is 1. The molecule has 2 unspecified atom stereocenters. The molecule has 1 aromatic rings. The molecule has 0 amide bonds. The third-order valence-electron chi connectivity index (χ3n) is 2.95. The standard InChI is InChI=1S/C11H19N3O/c1-8(2)11-13-4-5-14(11)10-7-15-6-3-9(10)12/h4-5,8-10H,3,6-7,12H2,1-2H3. The van der Waals surface area contributed by atoms with Crippen LogP contribution in [0.2, 0.25) is 0 Å². The molecule has 2 atom stereocenters. The summed E-state index contributed by atoms with van der Waals surface area (Å²) in [5.41, 5.74) is 6.11.